The maximum absolute atomic E-state index is 11.8. The molecule has 0 aliphatic rings. The SMILES string of the molecule is Cn1cccc1C(=O)Nc1ncccc1Cl. The Kier molecular flexibility index (Phi) is 2.92. The molecule has 0 bridgehead atoms. The van der Waals surface area contributed by atoms with E-state index in [2.05, 4.69) is 10.3 Å². The van der Waals surface area contributed by atoms with Crippen molar-refractivity contribution in [3.8, 4) is 0 Å². The minimum atomic E-state index is -0.229. The van der Waals surface area contributed by atoms with Gasteiger partial charge >= 0.3 is 0 Å². The van der Waals surface area contributed by atoms with Crippen LogP contribution >= 0.6 is 11.6 Å². The highest BCUT2D eigenvalue weighted by molar-refractivity contribution is 6.33. The van der Waals surface area contributed by atoms with Gasteiger partial charge in [0.1, 0.15) is 5.69 Å². The third-order valence-corrected chi connectivity index (χ3v) is 2.47. The van der Waals surface area contributed by atoms with E-state index in [0.717, 1.165) is 0 Å². The highest BCUT2D eigenvalue weighted by Crippen LogP contribution is 2.18. The van der Waals surface area contributed by atoms with Crippen molar-refractivity contribution < 1.29 is 4.79 Å². The number of nitrogens with one attached hydrogen (secondary N) is 1. The van der Waals surface area contributed by atoms with E-state index >= 15 is 0 Å². The first-order valence-corrected chi connectivity index (χ1v) is 5.09. The molecule has 0 fully saturated rings. The monoisotopic (exact) mass is 235 g/mol. The van der Waals surface area contributed by atoms with Gasteiger partial charge in [0.05, 0.1) is 5.02 Å². The molecule has 82 valence electrons. The van der Waals surface area contributed by atoms with Gasteiger partial charge in [0.15, 0.2) is 5.82 Å². The van der Waals surface area contributed by atoms with Gasteiger partial charge in [-0.05, 0) is 24.3 Å². The summed E-state index contributed by atoms with van der Waals surface area (Å²) in [5.74, 6) is 0.142. The average Bonchev–Trinajstić information content (AvgIpc) is 2.68. The van der Waals surface area contributed by atoms with Gasteiger partial charge in [0.2, 0.25) is 0 Å². The molecular weight excluding hydrogens is 226 g/mol. The summed E-state index contributed by atoms with van der Waals surface area (Å²) in [6.07, 6.45) is 3.38. The Bertz CT molecular complexity index is 521. The molecule has 0 aromatic carbocycles. The molecule has 0 saturated heterocycles. The molecule has 5 heteroatoms. The summed E-state index contributed by atoms with van der Waals surface area (Å²) in [5, 5.41) is 3.07. The van der Waals surface area contributed by atoms with Crippen LogP contribution in [0, 0.1) is 0 Å². The van der Waals surface area contributed by atoms with Crippen molar-refractivity contribution in [1.29, 1.82) is 0 Å². The van der Waals surface area contributed by atoms with E-state index in [1.807, 2.05) is 0 Å². The molecule has 2 rings (SSSR count). The molecule has 2 aromatic rings. The lowest BCUT2D eigenvalue weighted by Crippen LogP contribution is -2.16. The van der Waals surface area contributed by atoms with Crippen LogP contribution < -0.4 is 5.32 Å². The molecule has 2 aromatic heterocycles. The van der Waals surface area contributed by atoms with E-state index in [1.54, 1.807) is 48.3 Å². The topological polar surface area (TPSA) is 46.9 Å². The molecule has 0 aliphatic heterocycles. The van der Waals surface area contributed by atoms with E-state index in [1.165, 1.54) is 0 Å². The van der Waals surface area contributed by atoms with E-state index in [0.29, 0.717) is 16.5 Å². The zero-order valence-corrected chi connectivity index (χ0v) is 9.40. The number of pyridine rings is 1. The number of anilines is 1. The van der Waals surface area contributed by atoms with Crippen LogP contribution in [0.5, 0.6) is 0 Å². The molecule has 0 unspecified atom stereocenters. The van der Waals surface area contributed by atoms with Gasteiger partial charge in [-0.1, -0.05) is 11.6 Å². The first kappa shape index (κ1) is 10.7. The first-order valence-electron chi connectivity index (χ1n) is 4.71. The Hall–Kier alpha value is -1.81. The lowest BCUT2D eigenvalue weighted by atomic mass is 10.4. The number of halogens is 1. The number of rotatable bonds is 2. The van der Waals surface area contributed by atoms with E-state index < -0.39 is 0 Å². The Morgan fingerprint density at radius 3 is 2.88 bits per heavy atom. The largest absolute Gasteiger partial charge is 0.347 e. The van der Waals surface area contributed by atoms with Crippen molar-refractivity contribution in [1.82, 2.24) is 9.55 Å². The summed E-state index contributed by atoms with van der Waals surface area (Å²) in [5.41, 5.74) is 0.557. The summed E-state index contributed by atoms with van der Waals surface area (Å²) in [6, 6.07) is 6.91. The van der Waals surface area contributed by atoms with Crippen LogP contribution in [0.15, 0.2) is 36.7 Å². The number of nitrogens with zero attached hydrogens (tertiary/aromatic N) is 2. The third kappa shape index (κ3) is 2.06. The molecular formula is C11H10ClN3O. The Morgan fingerprint density at radius 1 is 1.44 bits per heavy atom. The zero-order valence-electron chi connectivity index (χ0n) is 8.64. The second-order valence-corrected chi connectivity index (χ2v) is 3.70. The van der Waals surface area contributed by atoms with Gasteiger partial charge in [0, 0.05) is 19.4 Å². The van der Waals surface area contributed by atoms with E-state index in [4.69, 9.17) is 11.6 Å². The van der Waals surface area contributed by atoms with Gasteiger partial charge in [-0.2, -0.15) is 0 Å². The molecule has 0 radical (unpaired) electrons. The number of carbonyl (C=O) groups excluding carboxylic acids is 1. The summed E-state index contributed by atoms with van der Waals surface area (Å²) >= 11 is 5.89. The van der Waals surface area contributed by atoms with Crippen LogP contribution in [0.3, 0.4) is 0 Å². The van der Waals surface area contributed by atoms with Crippen molar-refractivity contribution >= 4 is 23.3 Å². The number of amides is 1. The quantitative estimate of drug-likeness (QED) is 0.869. The van der Waals surface area contributed by atoms with Gasteiger partial charge in [-0.3, -0.25) is 4.79 Å². The van der Waals surface area contributed by atoms with Crippen molar-refractivity contribution in [3.05, 3.63) is 47.4 Å². The predicted molar refractivity (Wildman–Crippen MR) is 62.6 cm³/mol. The first-order chi connectivity index (χ1) is 7.68. The minimum absolute atomic E-state index is 0.229. The summed E-state index contributed by atoms with van der Waals surface area (Å²) in [4.78, 5) is 15.8. The molecule has 1 amide bonds. The fourth-order valence-electron chi connectivity index (χ4n) is 1.35. The maximum atomic E-state index is 11.8. The predicted octanol–water partition coefficient (Wildman–Crippen LogP) is 2.33. The van der Waals surface area contributed by atoms with Crippen LogP contribution in [0.4, 0.5) is 5.82 Å². The van der Waals surface area contributed by atoms with Crippen LogP contribution in [0.2, 0.25) is 5.02 Å². The van der Waals surface area contributed by atoms with E-state index in [9.17, 15) is 4.79 Å². The molecule has 0 saturated carbocycles. The molecule has 0 atom stereocenters. The Labute approximate surface area is 97.9 Å². The molecule has 0 spiro atoms. The van der Waals surface area contributed by atoms with Gasteiger partial charge in [-0.15, -0.1) is 0 Å². The lowest BCUT2D eigenvalue weighted by Gasteiger charge is -2.06. The number of carbonyl (C=O) groups is 1. The smallest absolute Gasteiger partial charge is 0.273 e. The van der Waals surface area contributed by atoms with Crippen molar-refractivity contribution in [2.75, 3.05) is 5.32 Å². The van der Waals surface area contributed by atoms with Crippen molar-refractivity contribution in [2.24, 2.45) is 7.05 Å². The van der Waals surface area contributed by atoms with Crippen LogP contribution in [0.25, 0.3) is 0 Å². The summed E-state index contributed by atoms with van der Waals surface area (Å²) in [7, 11) is 1.80. The fraction of sp³-hybridized carbons (Fsp3) is 0.0909. The lowest BCUT2D eigenvalue weighted by molar-refractivity contribution is 0.101. The van der Waals surface area contributed by atoms with Crippen LogP contribution in [-0.2, 0) is 7.05 Å². The Balaban J connectivity index is 2.21. The zero-order chi connectivity index (χ0) is 11.5. The molecule has 1 N–H and O–H groups in total. The second-order valence-electron chi connectivity index (χ2n) is 3.29. The highest BCUT2D eigenvalue weighted by Gasteiger charge is 2.11. The maximum Gasteiger partial charge on any atom is 0.273 e. The Morgan fingerprint density at radius 2 is 2.25 bits per heavy atom. The number of hydrogen-bond donors (Lipinski definition) is 1. The fourth-order valence-corrected chi connectivity index (χ4v) is 1.52. The van der Waals surface area contributed by atoms with E-state index in [-0.39, 0.29) is 5.91 Å². The molecule has 0 aliphatic carbocycles. The third-order valence-electron chi connectivity index (χ3n) is 2.17. The van der Waals surface area contributed by atoms with Crippen molar-refractivity contribution in [3.63, 3.8) is 0 Å². The van der Waals surface area contributed by atoms with Gasteiger partial charge in [0.25, 0.3) is 5.91 Å². The highest BCUT2D eigenvalue weighted by atomic mass is 35.5. The molecule has 4 nitrogen and oxygen atoms in total. The number of aromatic nitrogens is 2. The van der Waals surface area contributed by atoms with Crippen LogP contribution in [0.1, 0.15) is 10.5 Å². The standard InChI is InChI=1S/C11H10ClN3O/c1-15-7-3-5-9(15)11(16)14-10-8(12)4-2-6-13-10/h2-7H,1H3,(H,13,14,16). The van der Waals surface area contributed by atoms with Crippen LogP contribution in [-0.4, -0.2) is 15.5 Å². The molecule has 2 heterocycles. The minimum Gasteiger partial charge on any atom is -0.347 e. The number of hydrogen-bond acceptors (Lipinski definition) is 2. The normalized spacial score (nSPS) is 10.1. The van der Waals surface area contributed by atoms with Crippen molar-refractivity contribution in [2.45, 2.75) is 0 Å². The average molecular weight is 236 g/mol. The van der Waals surface area contributed by atoms with Gasteiger partial charge in [-0.25, -0.2) is 4.98 Å². The molecule has 16 heavy (non-hydrogen) atoms. The number of aryl methyl sites for hydroxylation is 1. The second kappa shape index (κ2) is 4.37. The summed E-state index contributed by atoms with van der Waals surface area (Å²) < 4.78 is 1.73. The summed E-state index contributed by atoms with van der Waals surface area (Å²) in [6.45, 7) is 0. The van der Waals surface area contributed by atoms with Gasteiger partial charge < -0.3 is 9.88 Å².